The van der Waals surface area contributed by atoms with Crippen molar-refractivity contribution in [2.24, 2.45) is 4.99 Å². The molecule has 0 amide bonds. The molecule has 1 saturated carbocycles. The molecule has 3 unspecified atom stereocenters. The molecule has 25 heavy (non-hydrogen) atoms. The van der Waals surface area contributed by atoms with Gasteiger partial charge in [0.1, 0.15) is 5.75 Å². The summed E-state index contributed by atoms with van der Waals surface area (Å²) < 4.78 is 5.14. The first-order chi connectivity index (χ1) is 11.7. The molecule has 1 aliphatic rings. The third-order valence-electron chi connectivity index (χ3n) is 4.33. The fourth-order valence-corrected chi connectivity index (χ4v) is 3.70. The largest absolute Gasteiger partial charge is 0.497 e. The molecule has 1 aromatic rings. The van der Waals surface area contributed by atoms with E-state index in [9.17, 15) is 5.11 Å². The molecule has 0 radical (unpaired) electrons. The lowest BCUT2D eigenvalue weighted by atomic mass is 10.1. The molecule has 7 heteroatoms. The smallest absolute Gasteiger partial charge is 0.191 e. The van der Waals surface area contributed by atoms with Gasteiger partial charge in [0.15, 0.2) is 5.96 Å². The Morgan fingerprint density at radius 1 is 1.36 bits per heavy atom. The van der Waals surface area contributed by atoms with Gasteiger partial charge in [0.05, 0.1) is 19.8 Å². The average molecular weight is 479 g/mol. The maximum Gasteiger partial charge on any atom is 0.191 e. The van der Waals surface area contributed by atoms with Gasteiger partial charge >= 0.3 is 0 Å². The van der Waals surface area contributed by atoms with Gasteiger partial charge in [0, 0.05) is 17.8 Å². The van der Waals surface area contributed by atoms with Crippen LogP contribution in [0.15, 0.2) is 29.3 Å². The van der Waals surface area contributed by atoms with Crippen LogP contribution in [0.1, 0.15) is 37.9 Å². The van der Waals surface area contributed by atoms with Gasteiger partial charge in [-0.25, -0.2) is 0 Å². The third kappa shape index (κ3) is 7.22. The number of rotatable bonds is 7. The summed E-state index contributed by atoms with van der Waals surface area (Å²) in [6.45, 7) is 3.19. The van der Waals surface area contributed by atoms with Crippen molar-refractivity contribution in [1.29, 1.82) is 0 Å². The maximum absolute atomic E-state index is 10.3. The van der Waals surface area contributed by atoms with Crippen LogP contribution in [0.4, 0.5) is 0 Å². The van der Waals surface area contributed by atoms with Crippen LogP contribution >= 0.6 is 35.7 Å². The number of nitrogens with zero attached hydrogens (tertiary/aromatic N) is 1. The lowest BCUT2D eigenvalue weighted by molar-refractivity contribution is 0.187. The summed E-state index contributed by atoms with van der Waals surface area (Å²) in [5, 5.41) is 17.9. The molecule has 0 saturated heterocycles. The second kappa shape index (κ2) is 11.9. The number of aliphatic imine (C=N–C) groups is 1. The number of ether oxygens (including phenoxy) is 1. The first kappa shape index (κ1) is 22.4. The number of aliphatic hydroxyl groups is 1. The summed E-state index contributed by atoms with van der Waals surface area (Å²) >= 11 is 1.94. The second-order valence-electron chi connectivity index (χ2n) is 6.02. The number of thioether (sulfide) groups is 1. The van der Waals surface area contributed by atoms with E-state index in [-0.39, 0.29) is 24.0 Å². The van der Waals surface area contributed by atoms with Crippen molar-refractivity contribution in [3.8, 4) is 5.75 Å². The normalized spacial score (nSPS) is 21.4. The van der Waals surface area contributed by atoms with E-state index >= 15 is 0 Å². The molecule has 0 heterocycles. The highest BCUT2D eigenvalue weighted by Gasteiger charge is 2.24. The van der Waals surface area contributed by atoms with Gasteiger partial charge in [-0.2, -0.15) is 11.8 Å². The van der Waals surface area contributed by atoms with Crippen LogP contribution in [0.5, 0.6) is 5.75 Å². The molecule has 0 aliphatic heterocycles. The van der Waals surface area contributed by atoms with Crippen LogP contribution in [0, 0.1) is 0 Å². The number of benzene rings is 1. The summed E-state index contributed by atoms with van der Waals surface area (Å²) in [6.07, 6.45) is 5.17. The Labute approximate surface area is 172 Å². The molecule has 3 N–H and O–H groups in total. The number of halogens is 1. The summed E-state index contributed by atoms with van der Waals surface area (Å²) in [5.41, 5.74) is 0.846. The minimum absolute atomic E-state index is 0. The van der Waals surface area contributed by atoms with Crippen LogP contribution in [-0.2, 0) is 0 Å². The van der Waals surface area contributed by atoms with Crippen molar-refractivity contribution >= 4 is 41.7 Å². The van der Waals surface area contributed by atoms with Crippen molar-refractivity contribution in [2.45, 2.75) is 43.6 Å². The zero-order valence-corrected chi connectivity index (χ0v) is 18.3. The molecular weight excluding hydrogens is 449 g/mol. The predicted octanol–water partition coefficient (Wildman–Crippen LogP) is 3.19. The Balaban J connectivity index is 0.00000312. The van der Waals surface area contributed by atoms with Crippen molar-refractivity contribution < 1.29 is 9.84 Å². The molecule has 1 aromatic carbocycles. The number of guanidine groups is 1. The van der Waals surface area contributed by atoms with Gasteiger partial charge in [0.2, 0.25) is 0 Å². The molecule has 1 aliphatic carbocycles. The summed E-state index contributed by atoms with van der Waals surface area (Å²) in [6, 6.07) is 7.93. The fraction of sp³-hybridized carbons (Fsp3) is 0.611. The van der Waals surface area contributed by atoms with Crippen LogP contribution in [0.2, 0.25) is 0 Å². The van der Waals surface area contributed by atoms with Gasteiger partial charge in [-0.1, -0.05) is 12.1 Å². The van der Waals surface area contributed by atoms with Crippen molar-refractivity contribution in [1.82, 2.24) is 10.6 Å². The first-order valence-electron chi connectivity index (χ1n) is 8.55. The molecule has 142 valence electrons. The molecule has 3 atom stereocenters. The van der Waals surface area contributed by atoms with E-state index in [1.807, 2.05) is 36.0 Å². The Hall–Kier alpha value is -0.670. The molecule has 0 spiro atoms. The minimum Gasteiger partial charge on any atom is -0.497 e. The van der Waals surface area contributed by atoms with Crippen LogP contribution < -0.4 is 15.4 Å². The molecular formula is C18H30IN3O2S. The zero-order valence-electron chi connectivity index (χ0n) is 15.2. The quantitative estimate of drug-likeness (QED) is 0.319. The molecule has 1 fully saturated rings. The maximum atomic E-state index is 10.3. The average Bonchev–Trinajstić information content (AvgIpc) is 3.07. The van der Waals surface area contributed by atoms with Crippen LogP contribution in [0.25, 0.3) is 0 Å². The molecule has 5 nitrogen and oxygen atoms in total. The van der Waals surface area contributed by atoms with E-state index in [0.717, 1.165) is 29.1 Å². The van der Waals surface area contributed by atoms with E-state index in [1.165, 1.54) is 19.3 Å². The standard InChI is InChI=1S/C18H29N3O2S.HI/c1-4-19-18(21-14-7-10-16(11-14)24-3)20-12-17(22)13-5-8-15(23-2)9-6-13;/h5-6,8-9,14,16-17,22H,4,7,10-12H2,1-3H3,(H2,19,20,21);1H. The number of hydrogen-bond acceptors (Lipinski definition) is 4. The van der Waals surface area contributed by atoms with E-state index in [1.54, 1.807) is 7.11 Å². The van der Waals surface area contributed by atoms with E-state index < -0.39 is 6.10 Å². The van der Waals surface area contributed by atoms with Crippen molar-refractivity contribution in [3.05, 3.63) is 29.8 Å². The second-order valence-corrected chi connectivity index (χ2v) is 7.16. The highest BCUT2D eigenvalue weighted by molar-refractivity contribution is 14.0. The summed E-state index contributed by atoms with van der Waals surface area (Å²) in [5.74, 6) is 1.57. The van der Waals surface area contributed by atoms with E-state index in [0.29, 0.717) is 12.6 Å². The Morgan fingerprint density at radius 3 is 2.64 bits per heavy atom. The SMILES string of the molecule is CCNC(=NCC(O)c1ccc(OC)cc1)NC1CCC(SC)C1.I. The lowest BCUT2D eigenvalue weighted by Crippen LogP contribution is -2.42. The number of aliphatic hydroxyl groups excluding tert-OH is 1. The fourth-order valence-electron chi connectivity index (χ4n) is 2.91. The minimum atomic E-state index is -0.617. The monoisotopic (exact) mass is 479 g/mol. The summed E-state index contributed by atoms with van der Waals surface area (Å²) in [7, 11) is 1.63. The van der Waals surface area contributed by atoms with Gasteiger partial charge in [-0.3, -0.25) is 4.99 Å². The van der Waals surface area contributed by atoms with Gasteiger partial charge in [-0.05, 0) is 50.1 Å². The number of methoxy groups -OCH3 is 1. The highest BCUT2D eigenvalue weighted by atomic mass is 127. The van der Waals surface area contributed by atoms with Crippen LogP contribution in [-0.4, -0.2) is 48.8 Å². The highest BCUT2D eigenvalue weighted by Crippen LogP contribution is 2.28. The van der Waals surface area contributed by atoms with Gasteiger partial charge in [-0.15, -0.1) is 24.0 Å². The van der Waals surface area contributed by atoms with Gasteiger partial charge in [0.25, 0.3) is 0 Å². The topological polar surface area (TPSA) is 65.9 Å². The summed E-state index contributed by atoms with van der Waals surface area (Å²) in [4.78, 5) is 4.55. The third-order valence-corrected chi connectivity index (χ3v) is 5.42. The molecule has 0 bridgehead atoms. The predicted molar refractivity (Wildman–Crippen MR) is 117 cm³/mol. The zero-order chi connectivity index (χ0) is 17.4. The van der Waals surface area contributed by atoms with Crippen LogP contribution in [0.3, 0.4) is 0 Å². The lowest BCUT2D eigenvalue weighted by Gasteiger charge is -2.18. The molecule has 2 rings (SSSR count). The van der Waals surface area contributed by atoms with Crippen molar-refractivity contribution in [3.63, 3.8) is 0 Å². The first-order valence-corrected chi connectivity index (χ1v) is 9.84. The van der Waals surface area contributed by atoms with Gasteiger partial charge < -0.3 is 20.5 Å². The Bertz CT molecular complexity index is 528. The van der Waals surface area contributed by atoms with E-state index in [4.69, 9.17) is 4.74 Å². The van der Waals surface area contributed by atoms with E-state index in [2.05, 4.69) is 28.8 Å². The Morgan fingerprint density at radius 2 is 2.08 bits per heavy atom. The molecule has 0 aromatic heterocycles. The van der Waals surface area contributed by atoms with Crippen molar-refractivity contribution in [2.75, 3.05) is 26.5 Å². The number of hydrogen-bond donors (Lipinski definition) is 3. The Kier molecular flexibility index (Phi) is 10.6. The number of nitrogens with one attached hydrogen (secondary N) is 2.